The zero-order chi connectivity index (χ0) is 12.3. The first-order valence-electron chi connectivity index (χ1n) is 4.17. The van der Waals surface area contributed by atoms with E-state index in [2.05, 4.69) is 4.98 Å². The maximum absolute atomic E-state index is 12.4. The van der Waals surface area contributed by atoms with Crippen LogP contribution in [-0.4, -0.2) is 24.0 Å². The summed E-state index contributed by atoms with van der Waals surface area (Å²) in [5, 5.41) is 8.72. The molecule has 0 aliphatic rings. The number of rotatable bonds is 2. The number of halogens is 3. The van der Waals surface area contributed by atoms with Gasteiger partial charge < -0.3 is 4.90 Å². The van der Waals surface area contributed by atoms with E-state index in [0.717, 1.165) is 11.3 Å². The van der Waals surface area contributed by atoms with Gasteiger partial charge in [-0.2, -0.15) is 18.4 Å². The SMILES string of the molecule is CN(C)/C=C/c1nc(C(F)(F)F)c(C#N)s1. The molecule has 7 heteroatoms. The lowest BCUT2D eigenvalue weighted by atomic mass is 10.4. The lowest BCUT2D eigenvalue weighted by Crippen LogP contribution is -2.07. The highest BCUT2D eigenvalue weighted by molar-refractivity contribution is 7.13. The van der Waals surface area contributed by atoms with Gasteiger partial charge in [-0.1, -0.05) is 0 Å². The summed E-state index contributed by atoms with van der Waals surface area (Å²) < 4.78 is 37.2. The van der Waals surface area contributed by atoms with Gasteiger partial charge in [0, 0.05) is 20.3 Å². The Bertz CT molecular complexity index is 440. The van der Waals surface area contributed by atoms with E-state index in [1.54, 1.807) is 25.2 Å². The molecule has 1 aromatic rings. The van der Waals surface area contributed by atoms with Crippen molar-refractivity contribution in [3.05, 3.63) is 21.8 Å². The second-order valence-corrected chi connectivity index (χ2v) is 4.15. The summed E-state index contributed by atoms with van der Waals surface area (Å²) in [4.78, 5) is 4.64. The molecule has 1 aromatic heterocycles. The normalized spacial score (nSPS) is 11.8. The minimum absolute atomic E-state index is 0.164. The van der Waals surface area contributed by atoms with Crippen LogP contribution in [0.5, 0.6) is 0 Å². The van der Waals surface area contributed by atoms with Crippen molar-refractivity contribution >= 4 is 17.4 Å². The second-order valence-electron chi connectivity index (χ2n) is 3.12. The monoisotopic (exact) mass is 247 g/mol. The van der Waals surface area contributed by atoms with Crippen LogP contribution in [0.1, 0.15) is 15.6 Å². The van der Waals surface area contributed by atoms with Crippen LogP contribution in [0.25, 0.3) is 6.08 Å². The predicted octanol–water partition coefficient (Wildman–Crippen LogP) is 2.57. The molecule has 0 fully saturated rings. The summed E-state index contributed by atoms with van der Waals surface area (Å²) in [5.41, 5.74) is -1.11. The average molecular weight is 247 g/mol. The summed E-state index contributed by atoms with van der Waals surface area (Å²) in [6, 6.07) is 1.50. The summed E-state index contributed by atoms with van der Waals surface area (Å²) in [5.74, 6) is 0. The largest absolute Gasteiger partial charge is 0.435 e. The number of aromatic nitrogens is 1. The standard InChI is InChI=1S/C9H8F3N3S/c1-15(2)4-3-7-14-8(9(10,11)12)6(5-13)16-7/h3-4H,1-2H3/b4-3+. The molecule has 0 bridgehead atoms. The van der Waals surface area contributed by atoms with Crippen LogP contribution in [0.2, 0.25) is 0 Å². The van der Waals surface area contributed by atoms with Crippen LogP contribution in [0, 0.1) is 11.3 Å². The molecule has 1 rings (SSSR count). The molecule has 0 atom stereocenters. The van der Waals surface area contributed by atoms with Gasteiger partial charge in [-0.05, 0) is 6.08 Å². The number of hydrogen-bond acceptors (Lipinski definition) is 4. The van der Waals surface area contributed by atoms with E-state index in [1.807, 2.05) is 0 Å². The third kappa shape index (κ3) is 2.97. The fourth-order valence-electron chi connectivity index (χ4n) is 0.889. The Morgan fingerprint density at radius 3 is 2.44 bits per heavy atom. The van der Waals surface area contributed by atoms with Crippen LogP contribution in [0.3, 0.4) is 0 Å². The van der Waals surface area contributed by atoms with Gasteiger partial charge in [-0.3, -0.25) is 0 Å². The minimum Gasteiger partial charge on any atom is -0.383 e. The molecule has 86 valence electrons. The van der Waals surface area contributed by atoms with E-state index in [-0.39, 0.29) is 5.01 Å². The molecular formula is C9H8F3N3S. The summed E-state index contributed by atoms with van der Waals surface area (Å²) >= 11 is 0.723. The highest BCUT2D eigenvalue weighted by Gasteiger charge is 2.37. The Labute approximate surface area is 94.4 Å². The van der Waals surface area contributed by atoms with Gasteiger partial charge in [0.15, 0.2) is 5.69 Å². The van der Waals surface area contributed by atoms with Crippen molar-refractivity contribution in [2.24, 2.45) is 0 Å². The number of thiazole rings is 1. The Kier molecular flexibility index (Phi) is 3.55. The number of alkyl halides is 3. The highest BCUT2D eigenvalue weighted by Crippen LogP contribution is 2.34. The molecule has 0 saturated carbocycles. The summed E-state index contributed by atoms with van der Waals surface area (Å²) in [6.45, 7) is 0. The van der Waals surface area contributed by atoms with Crippen molar-refractivity contribution < 1.29 is 13.2 Å². The molecule has 0 unspecified atom stereocenters. The predicted molar refractivity (Wildman–Crippen MR) is 54.6 cm³/mol. The van der Waals surface area contributed by atoms with Crippen LogP contribution >= 0.6 is 11.3 Å². The molecule has 0 N–H and O–H groups in total. The van der Waals surface area contributed by atoms with E-state index in [0.29, 0.717) is 0 Å². The Balaban J connectivity index is 3.10. The molecule has 0 radical (unpaired) electrons. The molecule has 3 nitrogen and oxygen atoms in total. The lowest BCUT2D eigenvalue weighted by molar-refractivity contribution is -0.140. The molecule has 0 amide bonds. The van der Waals surface area contributed by atoms with Gasteiger partial charge in [0.05, 0.1) is 0 Å². The van der Waals surface area contributed by atoms with E-state index < -0.39 is 16.7 Å². The molecule has 0 saturated heterocycles. The first-order chi connectivity index (χ1) is 7.34. The van der Waals surface area contributed by atoms with Crippen molar-refractivity contribution in [3.63, 3.8) is 0 Å². The summed E-state index contributed by atoms with van der Waals surface area (Å²) in [6.07, 6.45) is -1.58. The average Bonchev–Trinajstić information content (AvgIpc) is 2.57. The van der Waals surface area contributed by atoms with Crippen molar-refractivity contribution in [2.45, 2.75) is 6.18 Å². The van der Waals surface area contributed by atoms with E-state index in [1.165, 1.54) is 12.1 Å². The molecule has 1 heterocycles. The van der Waals surface area contributed by atoms with Gasteiger partial charge in [0.1, 0.15) is 16.0 Å². The molecule has 0 aliphatic heterocycles. The zero-order valence-electron chi connectivity index (χ0n) is 8.54. The maximum atomic E-state index is 12.4. The maximum Gasteiger partial charge on any atom is 0.435 e. The van der Waals surface area contributed by atoms with Gasteiger partial charge in [0.2, 0.25) is 0 Å². The molecule has 0 aliphatic carbocycles. The third-order valence-electron chi connectivity index (χ3n) is 1.53. The van der Waals surface area contributed by atoms with Gasteiger partial charge in [-0.15, -0.1) is 11.3 Å². The van der Waals surface area contributed by atoms with E-state index >= 15 is 0 Å². The van der Waals surface area contributed by atoms with Crippen molar-refractivity contribution in [2.75, 3.05) is 14.1 Å². The Morgan fingerprint density at radius 1 is 1.44 bits per heavy atom. The summed E-state index contributed by atoms with van der Waals surface area (Å²) in [7, 11) is 3.47. The van der Waals surface area contributed by atoms with Crippen LogP contribution in [-0.2, 0) is 6.18 Å². The molecule has 16 heavy (non-hydrogen) atoms. The Hall–Kier alpha value is -1.55. The first-order valence-corrected chi connectivity index (χ1v) is 4.99. The zero-order valence-corrected chi connectivity index (χ0v) is 9.35. The van der Waals surface area contributed by atoms with Gasteiger partial charge >= 0.3 is 6.18 Å². The number of hydrogen-bond donors (Lipinski definition) is 0. The van der Waals surface area contributed by atoms with E-state index in [4.69, 9.17) is 5.26 Å². The number of nitriles is 1. The quantitative estimate of drug-likeness (QED) is 0.806. The highest BCUT2D eigenvalue weighted by atomic mass is 32.1. The molecular weight excluding hydrogens is 239 g/mol. The molecule has 0 aromatic carbocycles. The van der Waals surface area contributed by atoms with Gasteiger partial charge in [0.25, 0.3) is 0 Å². The fourth-order valence-corrected chi connectivity index (χ4v) is 1.67. The van der Waals surface area contributed by atoms with Crippen molar-refractivity contribution in [1.29, 1.82) is 5.26 Å². The topological polar surface area (TPSA) is 39.9 Å². The first kappa shape index (κ1) is 12.5. The van der Waals surface area contributed by atoms with Crippen molar-refractivity contribution in [1.82, 2.24) is 9.88 Å². The second kappa shape index (κ2) is 4.53. The van der Waals surface area contributed by atoms with Crippen LogP contribution in [0.4, 0.5) is 13.2 Å². The number of nitrogens with zero attached hydrogens (tertiary/aromatic N) is 3. The molecule has 0 spiro atoms. The smallest absolute Gasteiger partial charge is 0.383 e. The van der Waals surface area contributed by atoms with E-state index in [9.17, 15) is 13.2 Å². The third-order valence-corrected chi connectivity index (χ3v) is 2.45. The van der Waals surface area contributed by atoms with Crippen LogP contribution in [0.15, 0.2) is 6.20 Å². The van der Waals surface area contributed by atoms with Crippen molar-refractivity contribution in [3.8, 4) is 6.07 Å². The minimum atomic E-state index is -4.58. The lowest BCUT2D eigenvalue weighted by Gasteiger charge is -2.01. The van der Waals surface area contributed by atoms with Gasteiger partial charge in [-0.25, -0.2) is 4.98 Å². The fraction of sp³-hybridized carbons (Fsp3) is 0.333. The Morgan fingerprint density at radius 2 is 2.06 bits per heavy atom. The van der Waals surface area contributed by atoms with Crippen LogP contribution < -0.4 is 0 Å².